The van der Waals surface area contributed by atoms with Gasteiger partial charge in [0.1, 0.15) is 11.4 Å². The smallest absolute Gasteiger partial charge is 0.256 e. The molecule has 1 aliphatic heterocycles. The molecule has 4 rings (SSSR count). The molecule has 0 radical (unpaired) electrons. The number of rotatable bonds is 7. The van der Waals surface area contributed by atoms with E-state index >= 15 is 0 Å². The number of anilines is 2. The van der Waals surface area contributed by atoms with E-state index in [0.29, 0.717) is 9.99 Å². The van der Waals surface area contributed by atoms with E-state index in [2.05, 4.69) is 10.6 Å². The van der Waals surface area contributed by atoms with Gasteiger partial charge in [0.05, 0.1) is 42.2 Å². The summed E-state index contributed by atoms with van der Waals surface area (Å²) in [4.78, 5) is 14.3. The van der Waals surface area contributed by atoms with Crippen molar-refractivity contribution in [3.8, 4) is 0 Å². The minimum atomic E-state index is -1.34. The molecule has 2 fully saturated rings. The van der Waals surface area contributed by atoms with Gasteiger partial charge in [-0.15, -0.1) is 0 Å². The molecule has 8 nitrogen and oxygen atoms in total. The van der Waals surface area contributed by atoms with Gasteiger partial charge in [-0.2, -0.15) is 0 Å². The molecular weight excluding hydrogens is 582 g/mol. The molecule has 12 heteroatoms. The zero-order valence-corrected chi connectivity index (χ0v) is 20.5. The predicted octanol–water partition coefficient (Wildman–Crippen LogP) is 1.33. The molecular formula is C23H25F3IN3O5. The maximum absolute atomic E-state index is 14.6. The molecule has 190 valence electrons. The lowest BCUT2D eigenvalue weighted by molar-refractivity contribution is -0.0821. The molecule has 1 aliphatic carbocycles. The third kappa shape index (κ3) is 5.27. The summed E-state index contributed by atoms with van der Waals surface area (Å²) in [6.45, 7) is -0.520. The van der Waals surface area contributed by atoms with Crippen LogP contribution in [0.4, 0.5) is 24.5 Å². The monoisotopic (exact) mass is 607 g/mol. The van der Waals surface area contributed by atoms with Crippen molar-refractivity contribution in [2.45, 2.75) is 30.3 Å². The summed E-state index contributed by atoms with van der Waals surface area (Å²) < 4.78 is 43.4. The highest BCUT2D eigenvalue weighted by molar-refractivity contribution is 14.1. The van der Waals surface area contributed by atoms with Crippen LogP contribution < -0.4 is 10.6 Å². The first-order valence-electron chi connectivity index (χ1n) is 10.9. The van der Waals surface area contributed by atoms with Crippen molar-refractivity contribution in [3.05, 3.63) is 56.9 Å². The van der Waals surface area contributed by atoms with E-state index in [1.165, 1.54) is 17.0 Å². The second kappa shape index (κ2) is 10.2. The van der Waals surface area contributed by atoms with E-state index in [1.807, 2.05) is 22.6 Å². The summed E-state index contributed by atoms with van der Waals surface area (Å²) in [5.41, 5.74) is -2.21. The van der Waals surface area contributed by atoms with E-state index in [4.69, 9.17) is 0 Å². The first-order valence-corrected chi connectivity index (χ1v) is 12.0. The van der Waals surface area contributed by atoms with Gasteiger partial charge in [0.2, 0.25) is 0 Å². The first-order chi connectivity index (χ1) is 16.5. The highest BCUT2D eigenvalue weighted by Crippen LogP contribution is 2.32. The van der Waals surface area contributed by atoms with Crippen LogP contribution in [0.25, 0.3) is 0 Å². The molecule has 1 heterocycles. The van der Waals surface area contributed by atoms with Crippen molar-refractivity contribution in [1.82, 2.24) is 10.2 Å². The summed E-state index contributed by atoms with van der Waals surface area (Å²) in [5, 5.41) is 45.5. The van der Waals surface area contributed by atoms with Crippen LogP contribution in [0, 0.1) is 26.9 Å². The number of halogens is 4. The summed E-state index contributed by atoms with van der Waals surface area (Å²) in [6.07, 6.45) is -1.87. The third-order valence-electron chi connectivity index (χ3n) is 6.50. The topological polar surface area (TPSA) is 125 Å². The Kier molecular flexibility index (Phi) is 7.60. The fourth-order valence-corrected chi connectivity index (χ4v) is 4.95. The van der Waals surface area contributed by atoms with Crippen LogP contribution in [-0.4, -0.2) is 81.3 Å². The fourth-order valence-electron chi connectivity index (χ4n) is 4.50. The minimum Gasteiger partial charge on any atom is -0.396 e. The molecule has 6 N–H and O–H groups in total. The number of hydrogen-bond acceptors (Lipinski definition) is 7. The molecule has 0 bridgehead atoms. The zero-order chi connectivity index (χ0) is 25.5. The number of carbonyl (C=O) groups is 1. The van der Waals surface area contributed by atoms with Crippen LogP contribution in [0.5, 0.6) is 0 Å². The lowest BCUT2D eigenvalue weighted by atomic mass is 9.92. The second-order valence-corrected chi connectivity index (χ2v) is 10.3. The number of aliphatic hydroxyl groups is 4. The van der Waals surface area contributed by atoms with Gasteiger partial charge in [0.25, 0.3) is 5.91 Å². The molecule has 1 saturated heterocycles. The number of β-amino-alcohol motifs (C(OH)–C–C–N with tert-alkyl or cyclic N) is 1. The maximum Gasteiger partial charge on any atom is 0.256 e. The fraction of sp³-hybridized carbons (Fsp3) is 0.435. The van der Waals surface area contributed by atoms with Gasteiger partial charge in [-0.05, 0) is 59.3 Å². The van der Waals surface area contributed by atoms with Crippen molar-refractivity contribution >= 4 is 39.9 Å². The normalized spacial score (nSPS) is 25.4. The maximum atomic E-state index is 14.6. The molecule has 2 aliphatic rings. The average Bonchev–Trinajstić information content (AvgIpc) is 3.08. The zero-order valence-electron chi connectivity index (χ0n) is 18.4. The molecule has 35 heavy (non-hydrogen) atoms. The average molecular weight is 607 g/mol. The van der Waals surface area contributed by atoms with Crippen molar-refractivity contribution in [2.24, 2.45) is 5.92 Å². The largest absolute Gasteiger partial charge is 0.396 e. The number of likely N-dealkylation sites (tertiary alicyclic amines) is 1. The Morgan fingerprint density at radius 3 is 2.46 bits per heavy atom. The second-order valence-electron chi connectivity index (χ2n) is 9.07. The van der Waals surface area contributed by atoms with Gasteiger partial charge in [-0.3, -0.25) is 4.79 Å². The predicted molar refractivity (Wildman–Crippen MR) is 129 cm³/mol. The Morgan fingerprint density at radius 2 is 1.83 bits per heavy atom. The molecule has 2 aromatic carbocycles. The van der Waals surface area contributed by atoms with Gasteiger partial charge in [-0.25, -0.2) is 13.2 Å². The summed E-state index contributed by atoms with van der Waals surface area (Å²) >= 11 is 1.90. The van der Waals surface area contributed by atoms with Crippen LogP contribution in [0.3, 0.4) is 0 Å². The Hall–Kier alpha value is -1.97. The summed E-state index contributed by atoms with van der Waals surface area (Å²) in [6, 6.07) is 5.47. The summed E-state index contributed by atoms with van der Waals surface area (Å²) in [7, 11) is 0. The number of hydrogen-bond donors (Lipinski definition) is 6. The van der Waals surface area contributed by atoms with Crippen LogP contribution in [-0.2, 0) is 0 Å². The van der Waals surface area contributed by atoms with Crippen molar-refractivity contribution in [1.29, 1.82) is 0 Å². The molecule has 0 spiro atoms. The van der Waals surface area contributed by atoms with E-state index in [9.17, 15) is 38.4 Å². The third-order valence-corrected chi connectivity index (χ3v) is 7.17. The van der Waals surface area contributed by atoms with Gasteiger partial charge >= 0.3 is 0 Å². The SMILES string of the molecule is O=C(c1ccc(F)c(F)c1Nc1ccc(I)cc1F)N1CC(O)(CNC2CC(CO)C(O)C2O)C1. The van der Waals surface area contributed by atoms with Crippen molar-refractivity contribution < 1.29 is 38.4 Å². The van der Waals surface area contributed by atoms with Crippen molar-refractivity contribution in [2.75, 3.05) is 31.6 Å². The number of nitrogens with one attached hydrogen (secondary N) is 2. The highest BCUT2D eigenvalue weighted by Gasteiger charge is 2.47. The van der Waals surface area contributed by atoms with Gasteiger partial charge < -0.3 is 36.0 Å². The molecule has 2 aromatic rings. The van der Waals surface area contributed by atoms with Gasteiger partial charge in [-0.1, -0.05) is 0 Å². The standard InChI is InChI=1S/C23H25F3IN3O5/c24-14-3-2-13(19(18(14)26)29-16-4-1-12(27)6-15(16)25)22(34)30-9-23(35,10-30)8-28-17-5-11(7-31)20(32)21(17)33/h1-4,6,11,17,20-21,28-29,31-33,35H,5,7-10H2. The lowest BCUT2D eigenvalue weighted by Crippen LogP contribution is -2.68. The number of nitrogens with zero attached hydrogens (tertiary/aromatic N) is 1. The highest BCUT2D eigenvalue weighted by atomic mass is 127. The van der Waals surface area contributed by atoms with E-state index in [1.54, 1.807) is 6.07 Å². The lowest BCUT2D eigenvalue weighted by Gasteiger charge is -2.47. The Bertz CT molecular complexity index is 1120. The van der Waals surface area contributed by atoms with Gasteiger partial charge in [0.15, 0.2) is 11.6 Å². The van der Waals surface area contributed by atoms with Crippen LogP contribution in [0.1, 0.15) is 16.8 Å². The Labute approximate surface area is 212 Å². The quantitative estimate of drug-likeness (QED) is 0.263. The Balaban J connectivity index is 1.44. The van der Waals surface area contributed by atoms with Crippen LogP contribution in [0.2, 0.25) is 0 Å². The molecule has 1 saturated carbocycles. The van der Waals surface area contributed by atoms with Crippen molar-refractivity contribution in [3.63, 3.8) is 0 Å². The van der Waals surface area contributed by atoms with E-state index in [-0.39, 0.29) is 37.5 Å². The summed E-state index contributed by atoms with van der Waals surface area (Å²) in [5.74, 6) is -4.41. The number of aliphatic hydroxyl groups excluding tert-OH is 3. The van der Waals surface area contributed by atoms with E-state index in [0.717, 1.165) is 12.1 Å². The number of amides is 1. The molecule has 4 atom stereocenters. The molecule has 1 amide bonds. The minimum absolute atomic E-state index is 0.000122. The van der Waals surface area contributed by atoms with Crippen LogP contribution >= 0.6 is 22.6 Å². The number of carbonyl (C=O) groups excluding carboxylic acids is 1. The molecule has 0 aromatic heterocycles. The first kappa shape index (κ1) is 26.1. The van der Waals surface area contributed by atoms with Gasteiger partial charge in [0, 0.05) is 28.7 Å². The van der Waals surface area contributed by atoms with Crippen LogP contribution in [0.15, 0.2) is 30.3 Å². The number of benzene rings is 2. The Morgan fingerprint density at radius 1 is 1.11 bits per heavy atom. The molecule has 4 unspecified atom stereocenters. The van der Waals surface area contributed by atoms with E-state index < -0.39 is 58.8 Å².